The summed E-state index contributed by atoms with van der Waals surface area (Å²) in [6.45, 7) is 3.66. The fraction of sp³-hybridized carbons (Fsp3) is 0.286. The molecule has 0 aliphatic carbocycles. The Morgan fingerprint density at radius 3 is 1.88 bits per heavy atom. The van der Waals surface area contributed by atoms with Crippen molar-refractivity contribution >= 4 is 5.97 Å². The summed E-state index contributed by atoms with van der Waals surface area (Å²) in [5.74, 6) is -1.61. The number of hydrogen-bond donors (Lipinski definition) is 1. The van der Waals surface area contributed by atoms with Crippen molar-refractivity contribution < 1.29 is 19.0 Å². The number of esters is 1. The minimum atomic E-state index is -2.04. The van der Waals surface area contributed by atoms with Gasteiger partial charge in [-0.2, -0.15) is 0 Å². The Morgan fingerprint density at radius 1 is 1.00 bits per heavy atom. The maximum atomic E-state index is 15.6. The van der Waals surface area contributed by atoms with Crippen LogP contribution in [-0.4, -0.2) is 17.7 Å². The number of carbonyl (C=O) groups excluding carboxylic acids is 1. The molecule has 132 valence electrons. The van der Waals surface area contributed by atoms with E-state index < -0.39 is 17.4 Å². The molecule has 0 aromatic heterocycles. The molecule has 2 rings (SSSR count). The average Bonchev–Trinajstić information content (AvgIpc) is 2.66. The van der Waals surface area contributed by atoms with E-state index in [-0.39, 0.29) is 18.6 Å². The maximum absolute atomic E-state index is 15.6. The summed E-state index contributed by atoms with van der Waals surface area (Å²) in [5.41, 5.74) is -1.45. The zero-order chi connectivity index (χ0) is 18.3. The molecule has 0 bridgehead atoms. The Bertz CT molecular complexity index is 684. The Balaban J connectivity index is 2.69. The first-order valence-electron chi connectivity index (χ1n) is 8.45. The van der Waals surface area contributed by atoms with Crippen LogP contribution >= 0.6 is 0 Å². The predicted octanol–water partition coefficient (Wildman–Crippen LogP) is 4.51. The van der Waals surface area contributed by atoms with E-state index in [0.717, 1.165) is 0 Å². The molecule has 0 atom stereocenters. The fourth-order valence-corrected chi connectivity index (χ4v) is 2.77. The van der Waals surface area contributed by atoms with Gasteiger partial charge in [0.25, 0.3) is 0 Å². The molecule has 0 aliphatic rings. The summed E-state index contributed by atoms with van der Waals surface area (Å²) in [5, 5.41) is 11.4. The monoisotopic (exact) mass is 342 g/mol. The van der Waals surface area contributed by atoms with Crippen LogP contribution in [0.3, 0.4) is 0 Å². The first kappa shape index (κ1) is 18.9. The Hall–Kier alpha value is -2.46. The highest BCUT2D eigenvalue weighted by molar-refractivity contribution is 5.89. The lowest BCUT2D eigenvalue weighted by molar-refractivity contribution is -0.139. The largest absolute Gasteiger partial charge is 0.463 e. The van der Waals surface area contributed by atoms with E-state index in [4.69, 9.17) is 4.74 Å². The Morgan fingerprint density at radius 2 is 1.48 bits per heavy atom. The van der Waals surface area contributed by atoms with Gasteiger partial charge in [0, 0.05) is 0 Å². The highest BCUT2D eigenvalue weighted by atomic mass is 19.1. The summed E-state index contributed by atoms with van der Waals surface area (Å²) < 4.78 is 20.6. The van der Waals surface area contributed by atoms with Gasteiger partial charge in [-0.05, 0) is 24.5 Å². The third-order valence-corrected chi connectivity index (χ3v) is 3.99. The van der Waals surface area contributed by atoms with E-state index in [2.05, 4.69) is 0 Å². The van der Waals surface area contributed by atoms with Gasteiger partial charge in [-0.3, -0.25) is 0 Å². The summed E-state index contributed by atoms with van der Waals surface area (Å²) in [4.78, 5) is 12.3. The van der Waals surface area contributed by atoms with Gasteiger partial charge in [0.05, 0.1) is 12.2 Å². The molecule has 25 heavy (non-hydrogen) atoms. The van der Waals surface area contributed by atoms with Crippen molar-refractivity contribution in [2.24, 2.45) is 0 Å². The van der Waals surface area contributed by atoms with E-state index >= 15 is 4.39 Å². The molecule has 0 fully saturated rings. The highest BCUT2D eigenvalue weighted by Gasteiger charge is 2.40. The van der Waals surface area contributed by atoms with E-state index in [1.54, 1.807) is 67.6 Å². The van der Waals surface area contributed by atoms with E-state index in [1.165, 1.54) is 0 Å². The van der Waals surface area contributed by atoms with Crippen LogP contribution in [-0.2, 0) is 15.1 Å². The third kappa shape index (κ3) is 3.97. The molecule has 0 saturated carbocycles. The van der Waals surface area contributed by atoms with Gasteiger partial charge in [-0.15, -0.1) is 0 Å². The molecule has 0 amide bonds. The minimum absolute atomic E-state index is 0.125. The van der Waals surface area contributed by atoms with Gasteiger partial charge in [0.1, 0.15) is 0 Å². The van der Waals surface area contributed by atoms with Gasteiger partial charge in [0.2, 0.25) is 0 Å². The molecule has 0 spiro atoms. The molecular weight excluding hydrogens is 319 g/mol. The molecule has 1 N–H and O–H groups in total. The first-order valence-corrected chi connectivity index (χ1v) is 8.45. The molecule has 0 saturated heterocycles. The average molecular weight is 342 g/mol. The van der Waals surface area contributed by atoms with Crippen LogP contribution in [0.1, 0.15) is 37.8 Å². The predicted molar refractivity (Wildman–Crippen MR) is 95.6 cm³/mol. The number of ether oxygens (including phenoxy) is 1. The lowest BCUT2D eigenvalue weighted by Gasteiger charge is -2.29. The maximum Gasteiger partial charge on any atom is 0.336 e. The number of hydrogen-bond acceptors (Lipinski definition) is 3. The topological polar surface area (TPSA) is 46.5 Å². The fourth-order valence-electron chi connectivity index (χ4n) is 2.77. The van der Waals surface area contributed by atoms with Crippen LogP contribution < -0.4 is 0 Å². The number of halogens is 1. The van der Waals surface area contributed by atoms with Crippen LogP contribution in [0.25, 0.3) is 0 Å². The van der Waals surface area contributed by atoms with Crippen LogP contribution in [0.15, 0.2) is 72.1 Å². The standard InChI is InChI=1S/C21H23FO3/c1-3-11-18(20(23)25-4-2)19(22)21(24,16-12-7-5-8-13-16)17-14-9-6-10-15-17/h5-10,12-15,24H,3-4,11H2,1-2H3/b19-18+. The summed E-state index contributed by atoms with van der Waals surface area (Å²) in [7, 11) is 0. The third-order valence-electron chi connectivity index (χ3n) is 3.99. The zero-order valence-corrected chi connectivity index (χ0v) is 14.5. The quantitative estimate of drug-likeness (QED) is 0.595. The second-order valence-electron chi connectivity index (χ2n) is 5.71. The summed E-state index contributed by atoms with van der Waals surface area (Å²) in [6, 6.07) is 17.0. The van der Waals surface area contributed by atoms with Gasteiger partial charge in [0.15, 0.2) is 11.4 Å². The van der Waals surface area contributed by atoms with Crippen molar-refractivity contribution in [3.05, 3.63) is 83.2 Å². The van der Waals surface area contributed by atoms with Crippen LogP contribution in [0.5, 0.6) is 0 Å². The van der Waals surface area contributed by atoms with Crippen molar-refractivity contribution in [1.82, 2.24) is 0 Å². The lowest BCUT2D eigenvalue weighted by Crippen LogP contribution is -2.30. The van der Waals surface area contributed by atoms with E-state index in [9.17, 15) is 9.90 Å². The van der Waals surface area contributed by atoms with Gasteiger partial charge >= 0.3 is 5.97 Å². The lowest BCUT2D eigenvalue weighted by atomic mass is 9.83. The normalized spacial score (nSPS) is 12.5. The molecule has 3 nitrogen and oxygen atoms in total. The molecule has 2 aromatic rings. The van der Waals surface area contributed by atoms with Gasteiger partial charge in [-0.1, -0.05) is 74.0 Å². The molecule has 0 unspecified atom stereocenters. The molecule has 0 heterocycles. The SMILES string of the molecule is CCC/C(C(=O)OCC)=C(\F)C(O)(c1ccccc1)c1ccccc1. The van der Waals surface area contributed by atoms with Gasteiger partial charge in [-0.25, -0.2) is 9.18 Å². The summed E-state index contributed by atoms with van der Waals surface area (Å²) >= 11 is 0. The number of benzene rings is 2. The van der Waals surface area contributed by atoms with Crippen molar-refractivity contribution in [3.63, 3.8) is 0 Å². The van der Waals surface area contributed by atoms with Crippen LogP contribution in [0, 0.1) is 0 Å². The number of aliphatic hydroxyl groups is 1. The van der Waals surface area contributed by atoms with E-state index in [1.807, 2.05) is 6.92 Å². The van der Waals surface area contributed by atoms with E-state index in [0.29, 0.717) is 17.5 Å². The zero-order valence-electron chi connectivity index (χ0n) is 14.5. The summed E-state index contributed by atoms with van der Waals surface area (Å²) in [6.07, 6.45) is 0.744. The number of rotatable bonds is 7. The van der Waals surface area contributed by atoms with Crippen molar-refractivity contribution in [2.45, 2.75) is 32.3 Å². The minimum Gasteiger partial charge on any atom is -0.463 e. The number of carbonyl (C=O) groups is 1. The smallest absolute Gasteiger partial charge is 0.336 e. The van der Waals surface area contributed by atoms with Crippen LogP contribution in [0.2, 0.25) is 0 Å². The molecule has 0 radical (unpaired) electrons. The van der Waals surface area contributed by atoms with Gasteiger partial charge < -0.3 is 9.84 Å². The Kier molecular flexibility index (Phi) is 6.48. The van der Waals surface area contributed by atoms with Crippen molar-refractivity contribution in [3.8, 4) is 0 Å². The molecule has 2 aromatic carbocycles. The highest BCUT2D eigenvalue weighted by Crippen LogP contribution is 2.40. The second-order valence-corrected chi connectivity index (χ2v) is 5.71. The van der Waals surface area contributed by atoms with Crippen molar-refractivity contribution in [2.75, 3.05) is 6.61 Å². The molecular formula is C21H23FO3. The Labute approximate surface area is 147 Å². The van der Waals surface area contributed by atoms with Crippen molar-refractivity contribution in [1.29, 1.82) is 0 Å². The second kappa shape index (κ2) is 8.58. The molecule has 0 aliphatic heterocycles. The van der Waals surface area contributed by atoms with Crippen LogP contribution in [0.4, 0.5) is 4.39 Å². The first-order chi connectivity index (χ1) is 12.1. The molecule has 4 heteroatoms.